The molecule has 0 aromatic heterocycles. The van der Waals surface area contributed by atoms with Crippen molar-refractivity contribution in [1.82, 2.24) is 0 Å². The van der Waals surface area contributed by atoms with Crippen LogP contribution in [0.4, 0.5) is 0 Å². The molecule has 2 aromatic rings. The fourth-order valence-electron chi connectivity index (χ4n) is 4.03. The summed E-state index contributed by atoms with van der Waals surface area (Å²) in [5.41, 5.74) is 5.75. The van der Waals surface area contributed by atoms with Gasteiger partial charge in [-0.15, -0.1) is 0 Å². The minimum absolute atomic E-state index is 0.388. The molecule has 2 heteroatoms. The van der Waals surface area contributed by atoms with Crippen LogP contribution in [0.2, 0.25) is 0 Å². The molecule has 94 valence electrons. The van der Waals surface area contributed by atoms with Crippen molar-refractivity contribution in [3.63, 3.8) is 0 Å². The molecule has 4 atom stereocenters. The van der Waals surface area contributed by atoms with Crippen LogP contribution in [0.25, 0.3) is 0 Å². The van der Waals surface area contributed by atoms with Crippen molar-refractivity contribution >= 4 is 0 Å². The van der Waals surface area contributed by atoms with Crippen LogP contribution in [0.5, 0.6) is 5.75 Å². The van der Waals surface area contributed by atoms with Crippen molar-refractivity contribution in [1.29, 1.82) is 0 Å². The van der Waals surface area contributed by atoms with E-state index < -0.39 is 0 Å². The Morgan fingerprint density at radius 2 is 1.47 bits per heavy atom. The van der Waals surface area contributed by atoms with Crippen LogP contribution < -0.4 is 4.74 Å². The largest absolute Gasteiger partial charge is 0.497 e. The highest BCUT2D eigenvalue weighted by atomic mass is 16.6. The monoisotopic (exact) mass is 250 g/mol. The Morgan fingerprint density at radius 3 is 2.16 bits per heavy atom. The van der Waals surface area contributed by atoms with E-state index in [1.807, 2.05) is 0 Å². The molecule has 0 N–H and O–H groups in total. The molecule has 1 heterocycles. The van der Waals surface area contributed by atoms with Crippen LogP contribution in [0.15, 0.2) is 42.5 Å². The smallest absolute Gasteiger partial charge is 0.119 e. The van der Waals surface area contributed by atoms with Gasteiger partial charge in [0.25, 0.3) is 0 Å². The average molecular weight is 250 g/mol. The Labute approximate surface area is 112 Å². The summed E-state index contributed by atoms with van der Waals surface area (Å²) in [7, 11) is 1.73. The van der Waals surface area contributed by atoms with Crippen LogP contribution in [-0.4, -0.2) is 19.3 Å². The summed E-state index contributed by atoms with van der Waals surface area (Å²) in [5.74, 6) is 1.77. The Morgan fingerprint density at radius 1 is 0.842 bits per heavy atom. The molecule has 3 aliphatic carbocycles. The maximum atomic E-state index is 5.96. The van der Waals surface area contributed by atoms with Crippen molar-refractivity contribution in [3.05, 3.63) is 64.7 Å². The highest BCUT2D eigenvalue weighted by molar-refractivity contribution is 5.60. The van der Waals surface area contributed by atoms with E-state index in [4.69, 9.17) is 9.47 Å². The molecular weight excluding hydrogens is 236 g/mol. The molecule has 0 amide bonds. The zero-order valence-corrected chi connectivity index (χ0v) is 10.7. The highest BCUT2D eigenvalue weighted by Gasteiger charge is 2.60. The van der Waals surface area contributed by atoms with E-state index in [1.54, 1.807) is 7.11 Å². The lowest BCUT2D eigenvalue weighted by molar-refractivity contribution is 0.364. The van der Waals surface area contributed by atoms with E-state index >= 15 is 0 Å². The normalized spacial score (nSPS) is 32.3. The van der Waals surface area contributed by atoms with E-state index in [9.17, 15) is 0 Å². The van der Waals surface area contributed by atoms with Crippen LogP contribution in [0.1, 0.15) is 34.1 Å². The predicted octanol–water partition coefficient (Wildman–Crippen LogP) is 3.05. The fraction of sp³-hybridized carbons (Fsp3) is 0.294. The summed E-state index contributed by atoms with van der Waals surface area (Å²) in [6.07, 6.45) is 0.792. The Balaban J connectivity index is 1.80. The SMILES string of the molecule is COc1ccc2c(c1)[C@@H]1c3ccccc3[C@H]2[C@H]2O[C@@H]12. The molecule has 0 spiro atoms. The predicted molar refractivity (Wildman–Crippen MR) is 71.8 cm³/mol. The first-order valence-electron chi connectivity index (χ1n) is 6.80. The lowest BCUT2D eigenvalue weighted by Gasteiger charge is -2.37. The Hall–Kier alpha value is -1.80. The van der Waals surface area contributed by atoms with E-state index in [0.29, 0.717) is 24.0 Å². The van der Waals surface area contributed by atoms with Crippen molar-refractivity contribution in [2.75, 3.05) is 7.11 Å². The average Bonchev–Trinajstić information content (AvgIpc) is 3.26. The summed E-state index contributed by atoms with van der Waals surface area (Å²) in [4.78, 5) is 0. The van der Waals surface area contributed by atoms with Crippen molar-refractivity contribution in [3.8, 4) is 5.75 Å². The van der Waals surface area contributed by atoms with Crippen molar-refractivity contribution in [2.24, 2.45) is 0 Å². The summed E-state index contributed by atoms with van der Waals surface area (Å²) in [6, 6.07) is 15.3. The van der Waals surface area contributed by atoms with Gasteiger partial charge in [-0.25, -0.2) is 0 Å². The second kappa shape index (κ2) is 3.20. The molecule has 0 saturated carbocycles. The number of methoxy groups -OCH3 is 1. The molecule has 4 aliphatic rings. The van der Waals surface area contributed by atoms with E-state index in [-0.39, 0.29) is 0 Å². The molecule has 2 aromatic carbocycles. The van der Waals surface area contributed by atoms with Crippen LogP contribution in [-0.2, 0) is 4.74 Å². The zero-order chi connectivity index (χ0) is 12.6. The van der Waals surface area contributed by atoms with Gasteiger partial charge < -0.3 is 9.47 Å². The third-order valence-electron chi connectivity index (χ3n) is 4.85. The van der Waals surface area contributed by atoms with Gasteiger partial charge >= 0.3 is 0 Å². The molecule has 2 nitrogen and oxygen atoms in total. The van der Waals surface area contributed by atoms with E-state index in [0.717, 1.165) is 5.75 Å². The summed E-state index contributed by atoms with van der Waals surface area (Å²) in [5, 5.41) is 0. The fourth-order valence-corrected chi connectivity index (χ4v) is 4.03. The number of rotatable bonds is 1. The van der Waals surface area contributed by atoms with Gasteiger partial charge in [-0.05, 0) is 34.4 Å². The second-order valence-corrected chi connectivity index (χ2v) is 5.64. The van der Waals surface area contributed by atoms with Gasteiger partial charge in [-0.3, -0.25) is 0 Å². The quantitative estimate of drug-likeness (QED) is 0.726. The van der Waals surface area contributed by atoms with Gasteiger partial charge in [-0.2, -0.15) is 0 Å². The first-order chi connectivity index (χ1) is 9.38. The molecule has 0 unspecified atom stereocenters. The second-order valence-electron chi connectivity index (χ2n) is 5.64. The first kappa shape index (κ1) is 10.0. The summed E-state index contributed by atoms with van der Waals surface area (Å²) < 4.78 is 11.3. The van der Waals surface area contributed by atoms with Gasteiger partial charge in [0, 0.05) is 11.8 Å². The van der Waals surface area contributed by atoms with Crippen molar-refractivity contribution < 1.29 is 9.47 Å². The van der Waals surface area contributed by atoms with Gasteiger partial charge in [0.2, 0.25) is 0 Å². The maximum Gasteiger partial charge on any atom is 0.119 e. The molecule has 1 fully saturated rings. The number of hydrogen-bond acceptors (Lipinski definition) is 2. The standard InChI is InChI=1S/C17H14O2/c1-18-9-6-7-12-13(8-9)15-11-5-3-2-4-10(11)14(12)16-17(15)19-16/h2-8,14-17H,1H3/t14-,15+,16-,17+/m1/s1. The van der Waals surface area contributed by atoms with E-state index in [1.165, 1.54) is 22.3 Å². The molecule has 2 bridgehead atoms. The van der Waals surface area contributed by atoms with E-state index in [2.05, 4.69) is 42.5 Å². The minimum atomic E-state index is 0.388. The molecule has 1 aliphatic heterocycles. The topological polar surface area (TPSA) is 21.8 Å². The lowest BCUT2D eigenvalue weighted by atomic mass is 9.64. The van der Waals surface area contributed by atoms with Gasteiger partial charge in [-0.1, -0.05) is 30.3 Å². The van der Waals surface area contributed by atoms with Crippen molar-refractivity contribution in [2.45, 2.75) is 24.0 Å². The molecule has 19 heavy (non-hydrogen) atoms. The Kier molecular flexibility index (Phi) is 1.69. The number of hydrogen-bond donors (Lipinski definition) is 0. The molecule has 1 saturated heterocycles. The molecule has 0 radical (unpaired) electrons. The van der Waals surface area contributed by atoms with Crippen LogP contribution >= 0.6 is 0 Å². The summed E-state index contributed by atoms with van der Waals surface area (Å²) >= 11 is 0. The number of epoxide rings is 1. The minimum Gasteiger partial charge on any atom is -0.497 e. The Bertz CT molecular complexity index is 691. The van der Waals surface area contributed by atoms with Crippen LogP contribution in [0, 0.1) is 0 Å². The van der Waals surface area contributed by atoms with Gasteiger partial charge in [0.1, 0.15) is 5.75 Å². The van der Waals surface area contributed by atoms with Gasteiger partial charge in [0.15, 0.2) is 0 Å². The maximum absolute atomic E-state index is 5.96. The third kappa shape index (κ3) is 1.11. The van der Waals surface area contributed by atoms with Crippen LogP contribution in [0.3, 0.4) is 0 Å². The molecule has 6 rings (SSSR count). The van der Waals surface area contributed by atoms with Gasteiger partial charge in [0.05, 0.1) is 19.3 Å². The third-order valence-corrected chi connectivity index (χ3v) is 4.85. The number of benzene rings is 2. The first-order valence-corrected chi connectivity index (χ1v) is 6.80. The zero-order valence-electron chi connectivity index (χ0n) is 10.7. The lowest BCUT2D eigenvalue weighted by Crippen LogP contribution is -2.31. The number of ether oxygens (including phenoxy) is 2. The summed E-state index contributed by atoms with van der Waals surface area (Å²) in [6.45, 7) is 0. The molecular formula is C17H14O2. The highest BCUT2D eigenvalue weighted by Crippen LogP contribution is 2.61.